The maximum absolute atomic E-state index is 11.3. The van der Waals surface area contributed by atoms with Crippen LogP contribution in [0.1, 0.15) is 27.4 Å². The lowest BCUT2D eigenvalue weighted by Crippen LogP contribution is -2.00. The van der Waals surface area contributed by atoms with Gasteiger partial charge in [0.25, 0.3) is 0 Å². The van der Waals surface area contributed by atoms with Crippen LogP contribution in [0.5, 0.6) is 5.75 Å². The topological polar surface area (TPSA) is 96.4 Å². The third-order valence-corrected chi connectivity index (χ3v) is 3.44. The van der Waals surface area contributed by atoms with Crippen LogP contribution in [0.2, 0.25) is 0 Å². The van der Waals surface area contributed by atoms with E-state index < -0.39 is 5.97 Å². The van der Waals surface area contributed by atoms with Gasteiger partial charge in [0.1, 0.15) is 41.0 Å². The van der Waals surface area contributed by atoms with Crippen molar-refractivity contribution in [3.63, 3.8) is 0 Å². The molecule has 1 N–H and O–H groups in total. The molecule has 0 fully saturated rings. The molecule has 6 heteroatoms. The maximum atomic E-state index is 11.3. The Kier molecular flexibility index (Phi) is 3.69. The molecule has 0 unspecified atom stereocenters. The number of carboxylic acids is 1. The van der Waals surface area contributed by atoms with Crippen molar-refractivity contribution in [1.29, 1.82) is 5.26 Å². The second kappa shape index (κ2) is 5.81. The van der Waals surface area contributed by atoms with Crippen LogP contribution in [0.15, 0.2) is 40.9 Å². The van der Waals surface area contributed by atoms with Crippen molar-refractivity contribution in [3.05, 3.63) is 59.1 Å². The predicted octanol–water partition coefficient (Wildman–Crippen LogP) is 3.29. The number of benzene rings is 1. The first-order valence-corrected chi connectivity index (χ1v) is 6.83. The zero-order chi connectivity index (χ0) is 16.4. The average Bonchev–Trinajstić information content (AvgIpc) is 2.88. The lowest BCUT2D eigenvalue weighted by atomic mass is 10.1. The molecule has 0 amide bonds. The number of nitriles is 1. The highest BCUT2D eigenvalue weighted by molar-refractivity contribution is 6.03. The van der Waals surface area contributed by atoms with E-state index in [2.05, 4.69) is 4.98 Å². The van der Waals surface area contributed by atoms with Gasteiger partial charge < -0.3 is 14.3 Å². The van der Waals surface area contributed by atoms with E-state index >= 15 is 0 Å². The van der Waals surface area contributed by atoms with Crippen molar-refractivity contribution < 1.29 is 19.1 Å². The molecule has 0 atom stereocenters. The van der Waals surface area contributed by atoms with Crippen molar-refractivity contribution in [3.8, 4) is 11.8 Å². The molecule has 0 saturated carbocycles. The summed E-state index contributed by atoms with van der Waals surface area (Å²) in [5.41, 5.74) is 1.59. The number of fused-ring (bicyclic) bond motifs is 1. The van der Waals surface area contributed by atoms with Crippen molar-refractivity contribution in [2.75, 3.05) is 0 Å². The summed E-state index contributed by atoms with van der Waals surface area (Å²) in [7, 11) is 0. The van der Waals surface area contributed by atoms with Gasteiger partial charge in [0, 0.05) is 17.1 Å². The number of hydrogen-bond donors (Lipinski definition) is 1. The van der Waals surface area contributed by atoms with E-state index in [1.54, 1.807) is 43.5 Å². The minimum atomic E-state index is -1.04. The van der Waals surface area contributed by atoms with E-state index in [1.807, 2.05) is 6.07 Å². The zero-order valence-corrected chi connectivity index (χ0v) is 12.2. The number of ether oxygens (including phenoxy) is 1. The fraction of sp³-hybridized carbons (Fsp3) is 0.118. The largest absolute Gasteiger partial charge is 0.489 e. The predicted molar refractivity (Wildman–Crippen MR) is 81.2 cm³/mol. The lowest BCUT2D eigenvalue weighted by Gasteiger charge is -2.07. The molecule has 0 spiro atoms. The van der Waals surface area contributed by atoms with Gasteiger partial charge >= 0.3 is 5.97 Å². The van der Waals surface area contributed by atoms with Crippen LogP contribution < -0.4 is 4.74 Å². The SMILES string of the molecule is Cc1oc2ccc(OCc3cccnc3C#N)cc2c1C(=O)O. The standard InChI is InChI=1S/C17H12N2O4/c1-10-16(17(20)21)13-7-12(4-5-15(13)23-10)22-9-11-3-2-6-19-14(11)8-18/h2-7H,9H2,1H3,(H,20,21). The molecule has 3 aromatic rings. The molecule has 0 aliphatic heterocycles. The number of rotatable bonds is 4. The van der Waals surface area contributed by atoms with Gasteiger partial charge in [-0.2, -0.15) is 5.26 Å². The monoisotopic (exact) mass is 308 g/mol. The third-order valence-electron chi connectivity index (χ3n) is 3.44. The molecule has 0 aliphatic rings. The summed E-state index contributed by atoms with van der Waals surface area (Å²) in [4.78, 5) is 15.3. The number of furan rings is 1. The lowest BCUT2D eigenvalue weighted by molar-refractivity contribution is 0.0697. The highest BCUT2D eigenvalue weighted by atomic mass is 16.5. The number of carboxylic acid groups (broad SMARTS) is 1. The number of hydrogen-bond acceptors (Lipinski definition) is 5. The Morgan fingerprint density at radius 2 is 2.26 bits per heavy atom. The number of carbonyl (C=O) groups is 1. The van der Waals surface area contributed by atoms with E-state index in [0.717, 1.165) is 0 Å². The van der Waals surface area contributed by atoms with Gasteiger partial charge in [0.05, 0.1) is 0 Å². The van der Waals surface area contributed by atoms with Gasteiger partial charge in [-0.05, 0) is 31.2 Å². The molecule has 2 aromatic heterocycles. The highest BCUT2D eigenvalue weighted by Gasteiger charge is 2.17. The summed E-state index contributed by atoms with van der Waals surface area (Å²) >= 11 is 0. The van der Waals surface area contributed by atoms with E-state index in [0.29, 0.717) is 33.7 Å². The number of aryl methyl sites for hydroxylation is 1. The Morgan fingerprint density at radius 3 is 3.00 bits per heavy atom. The van der Waals surface area contributed by atoms with Gasteiger partial charge in [-0.3, -0.25) is 0 Å². The summed E-state index contributed by atoms with van der Waals surface area (Å²) in [6.45, 7) is 1.78. The van der Waals surface area contributed by atoms with Crippen LogP contribution in [0, 0.1) is 18.3 Å². The van der Waals surface area contributed by atoms with Gasteiger partial charge in [0.15, 0.2) is 0 Å². The summed E-state index contributed by atoms with van der Waals surface area (Å²) < 4.78 is 11.1. The van der Waals surface area contributed by atoms with Gasteiger partial charge in [-0.25, -0.2) is 9.78 Å². The Hall–Kier alpha value is -3.33. The molecule has 1 aromatic carbocycles. The fourth-order valence-electron chi connectivity index (χ4n) is 2.37. The summed E-state index contributed by atoms with van der Waals surface area (Å²) in [5.74, 6) is -0.199. The van der Waals surface area contributed by atoms with Gasteiger partial charge in [0.2, 0.25) is 0 Å². The zero-order valence-electron chi connectivity index (χ0n) is 12.2. The number of aromatic carboxylic acids is 1. The van der Waals surface area contributed by atoms with Crippen LogP contribution in [0.3, 0.4) is 0 Å². The molecular weight excluding hydrogens is 296 g/mol. The summed E-state index contributed by atoms with van der Waals surface area (Å²) in [6, 6.07) is 10.5. The minimum Gasteiger partial charge on any atom is -0.489 e. The first-order chi connectivity index (χ1) is 11.1. The molecular formula is C17H12N2O4. The van der Waals surface area contributed by atoms with Gasteiger partial charge in [-0.15, -0.1) is 0 Å². The van der Waals surface area contributed by atoms with Crippen molar-refractivity contribution in [2.24, 2.45) is 0 Å². The van der Waals surface area contributed by atoms with E-state index in [9.17, 15) is 9.90 Å². The van der Waals surface area contributed by atoms with Gasteiger partial charge in [-0.1, -0.05) is 6.07 Å². The summed E-state index contributed by atoms with van der Waals surface area (Å²) in [6.07, 6.45) is 1.54. The third kappa shape index (κ3) is 2.72. The maximum Gasteiger partial charge on any atom is 0.339 e. The molecule has 0 bridgehead atoms. The molecule has 2 heterocycles. The normalized spacial score (nSPS) is 10.4. The Bertz CT molecular complexity index is 937. The molecule has 6 nitrogen and oxygen atoms in total. The molecule has 0 saturated heterocycles. The van der Waals surface area contributed by atoms with E-state index in [1.165, 1.54) is 0 Å². The Balaban J connectivity index is 1.91. The molecule has 114 valence electrons. The average molecular weight is 308 g/mol. The highest BCUT2D eigenvalue weighted by Crippen LogP contribution is 2.29. The quantitative estimate of drug-likeness (QED) is 0.794. The smallest absolute Gasteiger partial charge is 0.339 e. The summed E-state index contributed by atoms with van der Waals surface area (Å²) in [5, 5.41) is 18.8. The van der Waals surface area contributed by atoms with E-state index in [4.69, 9.17) is 14.4 Å². The van der Waals surface area contributed by atoms with Crippen molar-refractivity contribution >= 4 is 16.9 Å². The van der Waals surface area contributed by atoms with Crippen LogP contribution >= 0.6 is 0 Å². The fourth-order valence-corrected chi connectivity index (χ4v) is 2.37. The second-order valence-electron chi connectivity index (χ2n) is 4.91. The number of aromatic nitrogens is 1. The molecule has 0 radical (unpaired) electrons. The number of pyridine rings is 1. The second-order valence-corrected chi connectivity index (χ2v) is 4.91. The Labute approximate surface area is 131 Å². The minimum absolute atomic E-state index is 0.129. The van der Waals surface area contributed by atoms with Crippen molar-refractivity contribution in [1.82, 2.24) is 4.98 Å². The van der Waals surface area contributed by atoms with Crippen LogP contribution in [-0.2, 0) is 6.61 Å². The molecule has 23 heavy (non-hydrogen) atoms. The van der Waals surface area contributed by atoms with Crippen LogP contribution in [0.4, 0.5) is 0 Å². The number of nitrogens with zero attached hydrogens (tertiary/aromatic N) is 2. The first kappa shape index (κ1) is 14.6. The van der Waals surface area contributed by atoms with E-state index in [-0.39, 0.29) is 12.2 Å². The Morgan fingerprint density at radius 1 is 1.43 bits per heavy atom. The van der Waals surface area contributed by atoms with Crippen LogP contribution in [0.25, 0.3) is 11.0 Å². The van der Waals surface area contributed by atoms with Crippen LogP contribution in [-0.4, -0.2) is 16.1 Å². The van der Waals surface area contributed by atoms with Crippen molar-refractivity contribution in [2.45, 2.75) is 13.5 Å². The first-order valence-electron chi connectivity index (χ1n) is 6.83. The molecule has 3 rings (SSSR count). The molecule has 0 aliphatic carbocycles.